The van der Waals surface area contributed by atoms with Crippen LogP contribution >= 0.6 is 11.6 Å². The number of nitrogens with zero attached hydrogens (tertiary/aromatic N) is 2. The summed E-state index contributed by atoms with van der Waals surface area (Å²) in [5.74, 6) is -1.72. The molecule has 0 spiro atoms. The van der Waals surface area contributed by atoms with E-state index in [4.69, 9.17) is 16.3 Å². The van der Waals surface area contributed by atoms with Gasteiger partial charge in [-0.1, -0.05) is 0 Å². The Hall–Kier alpha value is -3.26. The average molecular weight is 391 g/mol. The molecule has 9 heteroatoms. The lowest BCUT2D eigenvalue weighted by atomic mass is 10.2. The number of halogens is 3. The van der Waals surface area contributed by atoms with E-state index in [0.29, 0.717) is 17.1 Å². The summed E-state index contributed by atoms with van der Waals surface area (Å²) >= 11 is 5.64. The molecule has 1 amide bonds. The third kappa shape index (κ3) is 4.48. The van der Waals surface area contributed by atoms with Crippen LogP contribution in [0, 0.1) is 11.6 Å². The number of anilines is 3. The zero-order valence-corrected chi connectivity index (χ0v) is 14.7. The van der Waals surface area contributed by atoms with E-state index < -0.39 is 17.5 Å². The van der Waals surface area contributed by atoms with Gasteiger partial charge in [-0.05, 0) is 48.0 Å². The van der Waals surface area contributed by atoms with E-state index in [1.165, 1.54) is 19.2 Å². The van der Waals surface area contributed by atoms with Crippen molar-refractivity contribution in [1.29, 1.82) is 0 Å². The highest BCUT2D eigenvalue weighted by molar-refractivity contribution is 6.28. The monoisotopic (exact) mass is 390 g/mol. The van der Waals surface area contributed by atoms with E-state index in [1.54, 1.807) is 24.3 Å². The van der Waals surface area contributed by atoms with Gasteiger partial charge in [0.1, 0.15) is 11.6 Å². The van der Waals surface area contributed by atoms with Gasteiger partial charge in [0.15, 0.2) is 11.6 Å². The number of benzene rings is 2. The summed E-state index contributed by atoms with van der Waals surface area (Å²) in [6.45, 7) is 0. The number of amides is 1. The van der Waals surface area contributed by atoms with Crippen LogP contribution in [0.5, 0.6) is 5.75 Å². The molecule has 3 aromatic rings. The van der Waals surface area contributed by atoms with Gasteiger partial charge in [-0.15, -0.1) is 0 Å². The van der Waals surface area contributed by atoms with E-state index in [-0.39, 0.29) is 16.7 Å². The maximum atomic E-state index is 14.0. The molecule has 1 heterocycles. The zero-order chi connectivity index (χ0) is 19.4. The third-order valence-corrected chi connectivity index (χ3v) is 3.72. The number of aromatic nitrogens is 2. The summed E-state index contributed by atoms with van der Waals surface area (Å²) in [6.07, 6.45) is 0.954. The normalized spacial score (nSPS) is 10.4. The van der Waals surface area contributed by atoms with Crippen molar-refractivity contribution in [2.75, 3.05) is 17.7 Å². The van der Waals surface area contributed by atoms with Crippen LogP contribution in [0.25, 0.3) is 0 Å². The molecule has 0 aliphatic rings. The molecule has 0 aliphatic heterocycles. The Labute approximate surface area is 158 Å². The first kappa shape index (κ1) is 18.5. The Morgan fingerprint density at radius 1 is 1.07 bits per heavy atom. The Morgan fingerprint density at radius 2 is 1.78 bits per heavy atom. The smallest absolute Gasteiger partial charge is 0.258 e. The molecule has 0 atom stereocenters. The second-order valence-electron chi connectivity index (χ2n) is 5.34. The summed E-state index contributed by atoms with van der Waals surface area (Å²) in [6, 6.07) is 10.3. The van der Waals surface area contributed by atoms with Gasteiger partial charge >= 0.3 is 0 Å². The number of hydrogen-bond acceptors (Lipinski definition) is 5. The first-order valence-corrected chi connectivity index (χ1v) is 8.04. The number of carbonyl (C=O) groups excluding carboxylic acids is 1. The van der Waals surface area contributed by atoms with Crippen LogP contribution in [0.2, 0.25) is 5.28 Å². The lowest BCUT2D eigenvalue weighted by Gasteiger charge is -2.09. The van der Waals surface area contributed by atoms with E-state index >= 15 is 0 Å². The SMILES string of the molecule is COc1ccc(C(=O)Nc2ccc(Nc3nc(Cl)ncc3F)cc2)c(F)c1. The molecular formula is C18H13ClF2N4O2. The van der Waals surface area contributed by atoms with Crippen molar-refractivity contribution in [3.8, 4) is 5.75 Å². The topological polar surface area (TPSA) is 76.1 Å². The summed E-state index contributed by atoms with van der Waals surface area (Å²) in [5.41, 5.74) is 0.829. The minimum absolute atomic E-state index is 0.0768. The molecule has 3 rings (SSSR count). The van der Waals surface area contributed by atoms with Gasteiger partial charge in [-0.25, -0.2) is 13.8 Å². The molecule has 0 bridgehead atoms. The fourth-order valence-electron chi connectivity index (χ4n) is 2.21. The van der Waals surface area contributed by atoms with E-state index in [0.717, 1.165) is 12.3 Å². The molecule has 138 valence electrons. The molecule has 1 aromatic heterocycles. The Kier molecular flexibility index (Phi) is 5.46. The highest BCUT2D eigenvalue weighted by Crippen LogP contribution is 2.22. The van der Waals surface area contributed by atoms with Crippen molar-refractivity contribution in [2.24, 2.45) is 0 Å². The summed E-state index contributed by atoms with van der Waals surface area (Å²) in [4.78, 5) is 19.5. The zero-order valence-electron chi connectivity index (χ0n) is 14.0. The van der Waals surface area contributed by atoms with Crippen LogP contribution in [0.3, 0.4) is 0 Å². The molecule has 0 fully saturated rings. The van der Waals surface area contributed by atoms with Crippen LogP contribution in [0.1, 0.15) is 10.4 Å². The highest BCUT2D eigenvalue weighted by atomic mass is 35.5. The molecule has 2 N–H and O–H groups in total. The number of rotatable bonds is 5. The van der Waals surface area contributed by atoms with Gasteiger partial charge in [-0.2, -0.15) is 4.98 Å². The average Bonchev–Trinajstić information content (AvgIpc) is 2.66. The van der Waals surface area contributed by atoms with Gasteiger partial charge in [0.2, 0.25) is 5.28 Å². The predicted octanol–water partition coefficient (Wildman–Crippen LogP) is 4.41. The number of hydrogen-bond donors (Lipinski definition) is 2. The number of carbonyl (C=O) groups is 1. The number of nitrogens with one attached hydrogen (secondary N) is 2. The molecule has 0 radical (unpaired) electrons. The Bertz CT molecular complexity index is 984. The van der Waals surface area contributed by atoms with Gasteiger partial charge in [0, 0.05) is 17.4 Å². The molecular weight excluding hydrogens is 378 g/mol. The molecule has 0 aliphatic carbocycles. The molecule has 6 nitrogen and oxygen atoms in total. The molecule has 0 unspecified atom stereocenters. The van der Waals surface area contributed by atoms with Crippen molar-refractivity contribution in [3.05, 3.63) is 71.1 Å². The standard InChI is InChI=1S/C18H13ClF2N4O2/c1-27-12-6-7-13(14(20)8-12)17(26)24-11-4-2-10(3-5-11)23-16-15(21)9-22-18(19)25-16/h2-9H,1H3,(H,24,26)(H,22,23,25). The van der Waals surface area contributed by atoms with Crippen molar-refractivity contribution in [2.45, 2.75) is 0 Å². The van der Waals surface area contributed by atoms with Crippen molar-refractivity contribution < 1.29 is 18.3 Å². The molecule has 0 saturated carbocycles. The Morgan fingerprint density at radius 3 is 2.44 bits per heavy atom. The number of methoxy groups -OCH3 is 1. The van der Waals surface area contributed by atoms with Crippen LogP contribution in [-0.4, -0.2) is 23.0 Å². The van der Waals surface area contributed by atoms with Crippen molar-refractivity contribution >= 4 is 34.7 Å². The summed E-state index contributed by atoms with van der Waals surface area (Å²) < 4.78 is 32.5. The fraction of sp³-hybridized carbons (Fsp3) is 0.0556. The first-order valence-electron chi connectivity index (χ1n) is 7.66. The largest absolute Gasteiger partial charge is 0.497 e. The summed E-state index contributed by atoms with van der Waals surface area (Å²) in [5, 5.41) is 5.24. The second kappa shape index (κ2) is 7.96. The first-order chi connectivity index (χ1) is 13.0. The lowest BCUT2D eigenvalue weighted by molar-refractivity contribution is 0.102. The molecule has 27 heavy (non-hydrogen) atoms. The van der Waals surface area contributed by atoms with Gasteiger partial charge in [0.25, 0.3) is 5.91 Å². The predicted molar refractivity (Wildman–Crippen MR) is 97.6 cm³/mol. The van der Waals surface area contributed by atoms with E-state index in [1.807, 2.05) is 0 Å². The minimum Gasteiger partial charge on any atom is -0.497 e. The molecule has 0 saturated heterocycles. The third-order valence-electron chi connectivity index (χ3n) is 3.54. The lowest BCUT2D eigenvalue weighted by Crippen LogP contribution is -2.13. The Balaban J connectivity index is 1.70. The van der Waals surface area contributed by atoms with Crippen molar-refractivity contribution in [3.63, 3.8) is 0 Å². The quantitative estimate of drug-likeness (QED) is 0.631. The maximum absolute atomic E-state index is 14.0. The fourth-order valence-corrected chi connectivity index (χ4v) is 2.35. The number of ether oxygens (including phenoxy) is 1. The van der Waals surface area contributed by atoms with Crippen LogP contribution in [-0.2, 0) is 0 Å². The second-order valence-corrected chi connectivity index (χ2v) is 5.68. The van der Waals surface area contributed by atoms with E-state index in [9.17, 15) is 13.6 Å². The maximum Gasteiger partial charge on any atom is 0.258 e. The van der Waals surface area contributed by atoms with Crippen LogP contribution < -0.4 is 15.4 Å². The van der Waals surface area contributed by atoms with Gasteiger partial charge in [0.05, 0.1) is 18.9 Å². The van der Waals surface area contributed by atoms with Crippen LogP contribution in [0.15, 0.2) is 48.7 Å². The van der Waals surface area contributed by atoms with E-state index in [2.05, 4.69) is 20.6 Å². The van der Waals surface area contributed by atoms with Gasteiger partial charge < -0.3 is 15.4 Å². The van der Waals surface area contributed by atoms with Crippen LogP contribution in [0.4, 0.5) is 26.0 Å². The minimum atomic E-state index is -0.693. The summed E-state index contributed by atoms with van der Waals surface area (Å²) in [7, 11) is 1.41. The van der Waals surface area contributed by atoms with Crippen molar-refractivity contribution in [1.82, 2.24) is 9.97 Å². The molecule has 2 aromatic carbocycles. The van der Waals surface area contributed by atoms with Gasteiger partial charge in [-0.3, -0.25) is 4.79 Å². The highest BCUT2D eigenvalue weighted by Gasteiger charge is 2.13.